The molecule has 96 valence electrons. The predicted octanol–water partition coefficient (Wildman–Crippen LogP) is 4.35. The Morgan fingerprint density at radius 1 is 1.11 bits per heavy atom. The molecule has 2 aromatic heterocycles. The second kappa shape index (κ2) is 4.42. The topological polar surface area (TPSA) is 17.3 Å². The van der Waals surface area contributed by atoms with Gasteiger partial charge in [-0.25, -0.2) is 13.8 Å². The Hall–Kier alpha value is -1.75. The number of hydrogen-bond donors (Lipinski definition) is 0. The largest absolute Gasteiger partial charge is 0.305 e. The van der Waals surface area contributed by atoms with Crippen molar-refractivity contribution < 1.29 is 8.78 Å². The number of nitrogens with zero attached hydrogens (tertiary/aromatic N) is 2. The SMILES string of the molecule is Cc1cc2nc(-c3ccc(F)c(F)c3)cn2cc1Br. The second-order valence-electron chi connectivity index (χ2n) is 4.32. The van der Waals surface area contributed by atoms with Crippen molar-refractivity contribution in [2.24, 2.45) is 0 Å². The minimum atomic E-state index is -0.869. The highest BCUT2D eigenvalue weighted by Gasteiger charge is 2.09. The number of halogens is 3. The molecule has 0 aliphatic heterocycles. The van der Waals surface area contributed by atoms with Gasteiger partial charge >= 0.3 is 0 Å². The lowest BCUT2D eigenvalue weighted by atomic mass is 10.1. The summed E-state index contributed by atoms with van der Waals surface area (Å²) in [5, 5.41) is 0. The Labute approximate surface area is 116 Å². The maximum Gasteiger partial charge on any atom is 0.159 e. The van der Waals surface area contributed by atoms with Crippen LogP contribution in [0.4, 0.5) is 8.78 Å². The lowest BCUT2D eigenvalue weighted by molar-refractivity contribution is 0.509. The van der Waals surface area contributed by atoms with Gasteiger partial charge in [-0.2, -0.15) is 0 Å². The van der Waals surface area contributed by atoms with Gasteiger partial charge in [0, 0.05) is 22.4 Å². The third kappa shape index (κ3) is 2.14. The van der Waals surface area contributed by atoms with Gasteiger partial charge in [-0.1, -0.05) is 0 Å². The van der Waals surface area contributed by atoms with Crippen LogP contribution >= 0.6 is 15.9 Å². The Morgan fingerprint density at radius 3 is 2.63 bits per heavy atom. The molecule has 0 N–H and O–H groups in total. The third-order valence-electron chi connectivity index (χ3n) is 2.95. The molecule has 0 saturated heterocycles. The summed E-state index contributed by atoms with van der Waals surface area (Å²) in [7, 11) is 0. The number of rotatable bonds is 1. The fourth-order valence-corrected chi connectivity index (χ4v) is 2.23. The number of aryl methyl sites for hydroxylation is 1. The van der Waals surface area contributed by atoms with E-state index in [2.05, 4.69) is 20.9 Å². The highest BCUT2D eigenvalue weighted by Crippen LogP contribution is 2.24. The van der Waals surface area contributed by atoms with E-state index in [1.165, 1.54) is 6.07 Å². The highest BCUT2D eigenvalue weighted by molar-refractivity contribution is 9.10. The minimum absolute atomic E-state index is 0.552. The van der Waals surface area contributed by atoms with Gasteiger partial charge in [0.1, 0.15) is 5.65 Å². The molecule has 0 saturated carbocycles. The van der Waals surface area contributed by atoms with Gasteiger partial charge in [0.15, 0.2) is 11.6 Å². The van der Waals surface area contributed by atoms with E-state index in [1.807, 2.05) is 23.6 Å². The van der Waals surface area contributed by atoms with Crippen LogP contribution in [0.15, 0.2) is 41.1 Å². The van der Waals surface area contributed by atoms with Crippen molar-refractivity contribution >= 4 is 21.6 Å². The molecule has 0 fully saturated rings. The highest BCUT2D eigenvalue weighted by atomic mass is 79.9. The second-order valence-corrected chi connectivity index (χ2v) is 5.18. The molecule has 0 aliphatic carbocycles. The predicted molar refractivity (Wildman–Crippen MR) is 73.0 cm³/mol. The van der Waals surface area contributed by atoms with Crippen LogP contribution in [0, 0.1) is 18.6 Å². The van der Waals surface area contributed by atoms with Crippen LogP contribution in [0.1, 0.15) is 5.56 Å². The quantitative estimate of drug-likeness (QED) is 0.651. The molecule has 19 heavy (non-hydrogen) atoms. The third-order valence-corrected chi connectivity index (χ3v) is 3.78. The van der Waals surface area contributed by atoms with E-state index in [0.717, 1.165) is 27.8 Å². The molecule has 2 heterocycles. The van der Waals surface area contributed by atoms with Crippen LogP contribution in [-0.4, -0.2) is 9.38 Å². The van der Waals surface area contributed by atoms with Crippen molar-refractivity contribution in [3.63, 3.8) is 0 Å². The first kappa shape index (κ1) is 12.3. The zero-order valence-corrected chi connectivity index (χ0v) is 11.6. The monoisotopic (exact) mass is 322 g/mol. The lowest BCUT2D eigenvalue weighted by Gasteiger charge is -1.98. The summed E-state index contributed by atoms with van der Waals surface area (Å²) in [5.74, 6) is -1.72. The summed E-state index contributed by atoms with van der Waals surface area (Å²) >= 11 is 3.44. The van der Waals surface area contributed by atoms with Crippen LogP contribution in [0.2, 0.25) is 0 Å². The molecule has 0 bridgehead atoms. The maximum absolute atomic E-state index is 13.2. The number of aromatic nitrogens is 2. The van der Waals surface area contributed by atoms with E-state index in [0.29, 0.717) is 11.3 Å². The van der Waals surface area contributed by atoms with Crippen molar-refractivity contribution in [3.05, 3.63) is 58.3 Å². The van der Waals surface area contributed by atoms with Crippen LogP contribution in [-0.2, 0) is 0 Å². The summed E-state index contributed by atoms with van der Waals surface area (Å²) in [4.78, 5) is 4.41. The molecule has 3 aromatic rings. The van der Waals surface area contributed by atoms with Crippen LogP contribution in [0.25, 0.3) is 16.9 Å². The zero-order valence-electron chi connectivity index (χ0n) is 9.99. The lowest BCUT2D eigenvalue weighted by Crippen LogP contribution is -1.85. The average molecular weight is 323 g/mol. The molecule has 0 unspecified atom stereocenters. The first-order valence-corrected chi connectivity index (χ1v) is 6.44. The Morgan fingerprint density at radius 2 is 1.89 bits per heavy atom. The van der Waals surface area contributed by atoms with E-state index in [-0.39, 0.29) is 0 Å². The molecule has 0 spiro atoms. The Bertz CT molecular complexity index is 741. The van der Waals surface area contributed by atoms with Crippen molar-refractivity contribution in [1.82, 2.24) is 9.38 Å². The van der Waals surface area contributed by atoms with Crippen molar-refractivity contribution in [2.45, 2.75) is 6.92 Å². The number of benzene rings is 1. The van der Waals surface area contributed by atoms with Gasteiger partial charge in [0.05, 0.1) is 5.69 Å². The Kier molecular flexibility index (Phi) is 2.86. The van der Waals surface area contributed by atoms with E-state index < -0.39 is 11.6 Å². The molecular formula is C14H9BrF2N2. The summed E-state index contributed by atoms with van der Waals surface area (Å²) in [5.41, 5.74) is 2.99. The fraction of sp³-hybridized carbons (Fsp3) is 0.0714. The van der Waals surface area contributed by atoms with Crippen LogP contribution in [0.5, 0.6) is 0 Å². The molecule has 0 amide bonds. The molecule has 2 nitrogen and oxygen atoms in total. The molecule has 3 rings (SSSR count). The average Bonchev–Trinajstić information content (AvgIpc) is 2.76. The van der Waals surface area contributed by atoms with Crippen molar-refractivity contribution in [1.29, 1.82) is 0 Å². The first-order chi connectivity index (χ1) is 9.04. The smallest absolute Gasteiger partial charge is 0.159 e. The molecule has 0 radical (unpaired) electrons. The van der Waals surface area contributed by atoms with Gasteiger partial charge in [-0.3, -0.25) is 0 Å². The first-order valence-electron chi connectivity index (χ1n) is 5.65. The van der Waals surface area contributed by atoms with Gasteiger partial charge < -0.3 is 4.40 Å². The van der Waals surface area contributed by atoms with Crippen LogP contribution < -0.4 is 0 Å². The normalized spacial score (nSPS) is 11.2. The summed E-state index contributed by atoms with van der Waals surface area (Å²) < 4.78 is 29.0. The zero-order chi connectivity index (χ0) is 13.6. The van der Waals surface area contributed by atoms with E-state index in [4.69, 9.17) is 0 Å². The summed E-state index contributed by atoms with van der Waals surface area (Å²) in [6.45, 7) is 1.97. The molecular weight excluding hydrogens is 314 g/mol. The molecule has 0 atom stereocenters. The summed E-state index contributed by atoms with van der Waals surface area (Å²) in [6, 6.07) is 5.70. The number of hydrogen-bond acceptors (Lipinski definition) is 1. The van der Waals surface area contributed by atoms with E-state index in [9.17, 15) is 8.78 Å². The van der Waals surface area contributed by atoms with Crippen LogP contribution in [0.3, 0.4) is 0 Å². The summed E-state index contributed by atoms with van der Waals surface area (Å²) in [6.07, 6.45) is 3.67. The molecule has 5 heteroatoms. The van der Waals surface area contributed by atoms with Crippen molar-refractivity contribution in [2.75, 3.05) is 0 Å². The van der Waals surface area contributed by atoms with Gasteiger partial charge in [-0.15, -0.1) is 0 Å². The molecule has 1 aromatic carbocycles. The van der Waals surface area contributed by atoms with Gasteiger partial charge in [-0.05, 0) is 52.7 Å². The van der Waals surface area contributed by atoms with Gasteiger partial charge in [0.25, 0.3) is 0 Å². The van der Waals surface area contributed by atoms with E-state index >= 15 is 0 Å². The van der Waals surface area contributed by atoms with Crippen molar-refractivity contribution in [3.8, 4) is 11.3 Å². The molecule has 0 aliphatic rings. The fourth-order valence-electron chi connectivity index (χ4n) is 1.90. The van der Waals surface area contributed by atoms with E-state index in [1.54, 1.807) is 6.20 Å². The minimum Gasteiger partial charge on any atom is -0.305 e. The number of imidazole rings is 1. The number of pyridine rings is 1. The standard InChI is InChI=1S/C14H9BrF2N2/c1-8-4-14-18-13(7-19(14)6-10(8)15)9-2-3-11(16)12(17)5-9/h2-7H,1H3. The van der Waals surface area contributed by atoms with Gasteiger partial charge in [0.2, 0.25) is 0 Å². The maximum atomic E-state index is 13.2. The number of fused-ring (bicyclic) bond motifs is 1. The Balaban J connectivity index is 2.17.